The fourth-order valence-electron chi connectivity index (χ4n) is 3.03. The first-order chi connectivity index (χ1) is 11.3. The maximum absolute atomic E-state index is 12.9. The maximum Gasteiger partial charge on any atom is 0.263 e. The summed E-state index contributed by atoms with van der Waals surface area (Å²) in [5.74, 6) is 0.607. The number of hydrogen-bond acceptors (Lipinski definition) is 4. The molecule has 3 rings (SSSR count). The molecule has 1 saturated carbocycles. The summed E-state index contributed by atoms with van der Waals surface area (Å²) in [6.07, 6.45) is 1.69. The van der Waals surface area contributed by atoms with Gasteiger partial charge in [0.15, 0.2) is 15.9 Å². The molecule has 0 bridgehead atoms. The van der Waals surface area contributed by atoms with E-state index in [1.54, 1.807) is 30.0 Å². The molecular formula is C16H19BrClNO4S. The quantitative estimate of drug-likeness (QED) is 0.712. The van der Waals surface area contributed by atoms with E-state index in [-0.39, 0.29) is 29.5 Å². The topological polar surface area (TPSA) is 63.7 Å². The molecule has 0 radical (unpaired) electrons. The Morgan fingerprint density at radius 1 is 1.33 bits per heavy atom. The Hall–Kier alpha value is -0.790. The van der Waals surface area contributed by atoms with Crippen LogP contribution < -0.4 is 4.74 Å². The number of nitrogens with zero attached hydrogens (tertiary/aromatic N) is 1. The Balaban J connectivity index is 1.73. The minimum atomic E-state index is -3.03. The van der Waals surface area contributed by atoms with E-state index in [2.05, 4.69) is 15.9 Å². The first-order valence-corrected chi connectivity index (χ1v) is 10.9. The van der Waals surface area contributed by atoms with Crippen molar-refractivity contribution >= 4 is 43.3 Å². The summed E-state index contributed by atoms with van der Waals surface area (Å²) in [6.45, 7) is 1.70. The smallest absolute Gasteiger partial charge is 0.263 e. The lowest BCUT2D eigenvalue weighted by Gasteiger charge is -2.31. The van der Waals surface area contributed by atoms with E-state index in [9.17, 15) is 13.2 Å². The molecule has 8 heteroatoms. The normalized spacial score (nSPS) is 23.7. The van der Waals surface area contributed by atoms with Gasteiger partial charge in [-0.2, -0.15) is 0 Å². The summed E-state index contributed by atoms with van der Waals surface area (Å²) in [5.41, 5.74) is 0. The first-order valence-electron chi connectivity index (χ1n) is 7.91. The molecule has 1 saturated heterocycles. The Morgan fingerprint density at radius 2 is 2.04 bits per heavy atom. The monoisotopic (exact) mass is 435 g/mol. The van der Waals surface area contributed by atoms with Crippen molar-refractivity contribution in [1.82, 2.24) is 4.90 Å². The van der Waals surface area contributed by atoms with Gasteiger partial charge in [-0.25, -0.2) is 8.42 Å². The van der Waals surface area contributed by atoms with Crippen LogP contribution >= 0.6 is 27.5 Å². The van der Waals surface area contributed by atoms with E-state index in [1.165, 1.54) is 0 Å². The van der Waals surface area contributed by atoms with Crippen LogP contribution in [0.2, 0.25) is 5.02 Å². The van der Waals surface area contributed by atoms with Gasteiger partial charge >= 0.3 is 0 Å². The van der Waals surface area contributed by atoms with Crippen molar-refractivity contribution in [2.24, 2.45) is 0 Å². The Kier molecular flexibility index (Phi) is 5.14. The molecule has 1 aliphatic carbocycles. The first kappa shape index (κ1) is 18.0. The third kappa shape index (κ3) is 4.06. The number of halogens is 2. The largest absolute Gasteiger partial charge is 0.480 e. The molecule has 1 aromatic rings. The summed E-state index contributed by atoms with van der Waals surface area (Å²) >= 11 is 9.28. The van der Waals surface area contributed by atoms with Gasteiger partial charge in [-0.3, -0.25) is 4.79 Å². The van der Waals surface area contributed by atoms with Gasteiger partial charge < -0.3 is 9.64 Å². The van der Waals surface area contributed by atoms with Crippen molar-refractivity contribution in [2.45, 2.75) is 44.4 Å². The van der Waals surface area contributed by atoms with Crippen LogP contribution in [0, 0.1) is 0 Å². The van der Waals surface area contributed by atoms with Crippen LogP contribution in [-0.2, 0) is 14.6 Å². The lowest BCUT2D eigenvalue weighted by atomic mass is 10.2. The van der Waals surface area contributed by atoms with Crippen molar-refractivity contribution in [3.8, 4) is 5.75 Å². The van der Waals surface area contributed by atoms with Crippen molar-refractivity contribution in [2.75, 3.05) is 11.5 Å². The molecule has 2 unspecified atom stereocenters. The van der Waals surface area contributed by atoms with Crippen molar-refractivity contribution in [3.05, 3.63) is 27.7 Å². The third-order valence-corrected chi connectivity index (χ3v) is 6.95. The van der Waals surface area contributed by atoms with Gasteiger partial charge in [0.1, 0.15) is 5.75 Å². The fourth-order valence-corrected chi connectivity index (χ4v) is 5.51. The maximum atomic E-state index is 12.9. The molecule has 1 aliphatic heterocycles. The molecule has 5 nitrogen and oxygen atoms in total. The van der Waals surface area contributed by atoms with E-state index in [4.69, 9.17) is 16.3 Å². The fraction of sp³-hybridized carbons (Fsp3) is 0.562. The molecule has 0 N–H and O–H groups in total. The minimum Gasteiger partial charge on any atom is -0.480 e. The van der Waals surface area contributed by atoms with Gasteiger partial charge in [-0.15, -0.1) is 0 Å². The number of ether oxygens (including phenoxy) is 1. The number of amides is 1. The summed E-state index contributed by atoms with van der Waals surface area (Å²) in [7, 11) is -3.03. The number of rotatable bonds is 5. The van der Waals surface area contributed by atoms with Gasteiger partial charge in [-0.05, 0) is 60.3 Å². The van der Waals surface area contributed by atoms with Crippen LogP contribution in [0.1, 0.15) is 26.2 Å². The molecule has 2 atom stereocenters. The summed E-state index contributed by atoms with van der Waals surface area (Å²) in [5, 5.41) is 0.573. The minimum absolute atomic E-state index is 0.0621. The van der Waals surface area contributed by atoms with E-state index in [1.807, 2.05) is 0 Å². The van der Waals surface area contributed by atoms with Crippen LogP contribution in [0.15, 0.2) is 22.7 Å². The van der Waals surface area contributed by atoms with Gasteiger partial charge in [0.25, 0.3) is 5.91 Å². The van der Waals surface area contributed by atoms with Gasteiger partial charge in [0.2, 0.25) is 0 Å². The van der Waals surface area contributed by atoms with Crippen molar-refractivity contribution in [3.63, 3.8) is 0 Å². The van der Waals surface area contributed by atoms with E-state index >= 15 is 0 Å². The Bertz CT molecular complexity index is 750. The Labute approximate surface area is 155 Å². The van der Waals surface area contributed by atoms with E-state index in [0.29, 0.717) is 21.7 Å². The molecule has 1 heterocycles. The second-order valence-electron chi connectivity index (χ2n) is 6.37. The Morgan fingerprint density at radius 3 is 2.58 bits per heavy atom. The van der Waals surface area contributed by atoms with Crippen molar-refractivity contribution in [1.29, 1.82) is 0 Å². The number of carbonyl (C=O) groups excluding carboxylic acids is 1. The van der Waals surface area contributed by atoms with Gasteiger partial charge in [0.05, 0.1) is 16.0 Å². The van der Waals surface area contributed by atoms with Crippen molar-refractivity contribution < 1.29 is 17.9 Å². The molecule has 0 aromatic heterocycles. The number of carbonyl (C=O) groups is 1. The molecule has 2 fully saturated rings. The lowest BCUT2D eigenvalue weighted by molar-refractivity contribution is -0.140. The zero-order valence-electron chi connectivity index (χ0n) is 13.2. The average molecular weight is 437 g/mol. The number of sulfone groups is 1. The van der Waals surface area contributed by atoms with Gasteiger partial charge in [-0.1, -0.05) is 11.6 Å². The summed E-state index contributed by atoms with van der Waals surface area (Å²) in [4.78, 5) is 14.6. The van der Waals surface area contributed by atoms with Crippen LogP contribution in [0.4, 0.5) is 0 Å². The van der Waals surface area contributed by atoms with E-state index in [0.717, 1.165) is 12.8 Å². The zero-order chi connectivity index (χ0) is 17.5. The highest BCUT2D eigenvalue weighted by Gasteiger charge is 2.43. The highest BCUT2D eigenvalue weighted by molar-refractivity contribution is 9.10. The predicted molar refractivity (Wildman–Crippen MR) is 96.2 cm³/mol. The number of benzene rings is 1. The zero-order valence-corrected chi connectivity index (χ0v) is 16.4. The lowest BCUT2D eigenvalue weighted by Crippen LogP contribution is -2.48. The highest BCUT2D eigenvalue weighted by atomic mass is 79.9. The van der Waals surface area contributed by atoms with Gasteiger partial charge in [0, 0.05) is 17.1 Å². The molecule has 2 aliphatic rings. The SMILES string of the molecule is CC(Oc1ccc(Cl)cc1Br)C(=O)N(C1CC1)C1CCS(=O)(=O)C1. The van der Waals surface area contributed by atoms with Crippen LogP contribution in [0.25, 0.3) is 0 Å². The predicted octanol–water partition coefficient (Wildman–Crippen LogP) is 3.05. The van der Waals surface area contributed by atoms with Crippen LogP contribution in [0.3, 0.4) is 0 Å². The molecule has 0 spiro atoms. The molecule has 1 amide bonds. The molecular weight excluding hydrogens is 418 g/mol. The standard InChI is InChI=1S/C16H19BrClNO4S/c1-10(23-15-5-2-11(18)8-14(15)17)16(20)19(12-3-4-12)13-6-7-24(21,22)9-13/h2,5,8,10,12-13H,3-4,6-7,9H2,1H3. The van der Waals surface area contributed by atoms with E-state index < -0.39 is 15.9 Å². The highest BCUT2D eigenvalue weighted by Crippen LogP contribution is 2.34. The summed E-state index contributed by atoms with van der Waals surface area (Å²) < 4.78 is 30.0. The molecule has 132 valence electrons. The average Bonchev–Trinajstić information content (AvgIpc) is 3.26. The molecule has 1 aromatic carbocycles. The molecule has 24 heavy (non-hydrogen) atoms. The summed E-state index contributed by atoms with van der Waals surface area (Å²) in [6, 6.07) is 5.03. The second kappa shape index (κ2) is 6.84. The number of hydrogen-bond donors (Lipinski definition) is 0. The third-order valence-electron chi connectivity index (χ3n) is 4.34. The van der Waals surface area contributed by atoms with Crippen LogP contribution in [0.5, 0.6) is 5.75 Å². The van der Waals surface area contributed by atoms with Crippen LogP contribution in [-0.4, -0.2) is 48.9 Å². The second-order valence-corrected chi connectivity index (χ2v) is 9.89.